The van der Waals surface area contributed by atoms with Gasteiger partial charge in [0.2, 0.25) is 0 Å². The van der Waals surface area contributed by atoms with Crippen molar-refractivity contribution in [1.29, 1.82) is 0 Å². The van der Waals surface area contributed by atoms with Gasteiger partial charge in [-0.2, -0.15) is 211 Å². The van der Waals surface area contributed by atoms with E-state index in [1.165, 1.54) is 0 Å². The fraction of sp³-hybridized carbons (Fsp3) is 1.00. The van der Waals surface area contributed by atoms with Crippen LogP contribution in [0.25, 0.3) is 0 Å². The van der Waals surface area contributed by atoms with E-state index in [0.29, 0.717) is 0 Å². The number of aliphatic hydroxyl groups excluding tert-OH is 4. The Morgan fingerprint density at radius 2 is 0.215 bits per heavy atom. The highest BCUT2D eigenvalue weighted by atomic mass is 19.4. The van der Waals surface area contributed by atoms with Crippen molar-refractivity contribution in [2.75, 3.05) is 26.4 Å². The molecule has 0 radical (unpaired) electrons. The quantitative estimate of drug-likeness (QED) is 0.0891. The number of alkyl halides is 60. The lowest BCUT2D eigenvalue weighted by molar-refractivity contribution is -0.619. The highest BCUT2D eigenvalue weighted by Gasteiger charge is 3.29. The first kappa shape index (κ1) is 95.6. The number of aliphatic hydroxyl groups is 4. The summed E-state index contributed by atoms with van der Waals surface area (Å²) in [4.78, 5) is 0. The Morgan fingerprint density at radius 3 is 0.289 bits per heavy atom. The van der Waals surface area contributed by atoms with Crippen molar-refractivity contribution in [1.82, 2.24) is 0 Å². The summed E-state index contributed by atoms with van der Waals surface area (Å²) in [5.41, 5.74) is -149. The van der Waals surface area contributed by atoms with Crippen molar-refractivity contribution in [2.24, 2.45) is 5.41 Å². The molecule has 4 atom stereocenters. The second-order valence-electron chi connectivity index (χ2n) is 30.6. The van der Waals surface area contributed by atoms with E-state index >= 15 is 263 Å². The average Bonchev–Trinajstić information content (AvgIpc) is 0.605. The number of ether oxygens (including phenoxy) is 4. The molecule has 0 heterocycles. The van der Waals surface area contributed by atoms with E-state index in [0.717, 1.165) is 0 Å². The Balaban J connectivity index is 1.07. The van der Waals surface area contributed by atoms with E-state index in [-0.39, 0.29) is 0 Å². The smallest absolute Gasteiger partial charge is 0.339 e. The van der Waals surface area contributed by atoms with Crippen molar-refractivity contribution in [3.05, 3.63) is 0 Å². The fourth-order valence-electron chi connectivity index (χ4n) is 19.9. The van der Waals surface area contributed by atoms with E-state index < -0.39 is 315 Å². The molecule has 16 aliphatic rings. The standard InChI is InChI=1S/C53H24F60O8/c54-14-30(66,67)15(55)32(70,71)16(56,31(14,68)69)44(94,95)26(42(14,90)91,43(15,92)93)118-5-9(114)1-13(2-10(115)6-119-27-45(96,97)17(57)33(72,73)18(58,46(27,98)99)35(76,77)19(59,34(17,74)75)47(27,100)101,3-11(116)7-120-28-48(102,103)20(60)36(78,79)21(61,49(28,104)105)38(82,83)22(62,37(20,80)81)50(28,106)107)4-12(117)8-121-29-51(108,109)23(63)39(84,85)24(64,52(29,110)111)41(88,89)25(65,40(23,86)87)53(29,112)113/h9-12,114-117H,1-8H2. The van der Waals surface area contributed by atoms with E-state index in [4.69, 9.17) is 0 Å². The van der Waals surface area contributed by atoms with Gasteiger partial charge in [-0.15, -0.1) is 0 Å². The molecule has 0 aromatic heterocycles. The molecule has 704 valence electrons. The summed E-state index contributed by atoms with van der Waals surface area (Å²) >= 11 is 0. The van der Waals surface area contributed by atoms with Crippen molar-refractivity contribution in [2.45, 2.75) is 283 Å². The van der Waals surface area contributed by atoms with E-state index in [1.54, 1.807) is 0 Å². The van der Waals surface area contributed by atoms with E-state index in [2.05, 4.69) is 18.9 Å². The Hall–Kier alpha value is -4.52. The molecule has 16 bridgehead atoms. The molecule has 8 nitrogen and oxygen atoms in total. The Kier molecular flexibility index (Phi) is 17.0. The second-order valence-corrected chi connectivity index (χ2v) is 30.6. The zero-order chi connectivity index (χ0) is 95.3. The number of halogens is 60. The van der Waals surface area contributed by atoms with Gasteiger partial charge in [-0.1, -0.05) is 0 Å². The van der Waals surface area contributed by atoms with Gasteiger partial charge >= 0.3 is 210 Å². The van der Waals surface area contributed by atoms with Crippen LogP contribution < -0.4 is 0 Å². The molecule has 0 aliphatic heterocycles. The summed E-state index contributed by atoms with van der Waals surface area (Å²) < 4.78 is 966. The third kappa shape index (κ3) is 6.69. The molecule has 68 heteroatoms. The Bertz CT molecular complexity index is 3400. The third-order valence-corrected chi connectivity index (χ3v) is 25.5. The molecule has 16 aliphatic carbocycles. The summed E-state index contributed by atoms with van der Waals surface area (Å²) in [5, 5.41) is 44.7. The van der Waals surface area contributed by atoms with Crippen molar-refractivity contribution in [3.8, 4) is 0 Å². The summed E-state index contributed by atoms with van der Waals surface area (Å²) in [7, 11) is 0. The van der Waals surface area contributed by atoms with Gasteiger partial charge in [0.05, 0.1) is 50.8 Å². The zero-order valence-corrected chi connectivity index (χ0v) is 54.6. The summed E-state index contributed by atoms with van der Waals surface area (Å²) in [6, 6.07) is 0. The maximum Gasteiger partial charge on any atom is 0.339 e. The number of rotatable bonds is 20. The molecule has 0 spiro atoms. The second kappa shape index (κ2) is 21.5. The molecule has 0 aromatic carbocycles. The molecule has 16 fully saturated rings. The summed E-state index contributed by atoms with van der Waals surface area (Å²) in [5.74, 6) is -218. The van der Waals surface area contributed by atoms with Gasteiger partial charge in [-0.3, -0.25) is 0 Å². The van der Waals surface area contributed by atoms with Crippen molar-refractivity contribution < 1.29 is 303 Å². The molecular weight excluding hydrogens is 1900 g/mol. The maximum atomic E-state index is 16.3. The van der Waals surface area contributed by atoms with Gasteiger partial charge in [-0.25, -0.2) is 52.7 Å². The molecule has 0 amide bonds. The fourth-order valence-corrected chi connectivity index (χ4v) is 19.9. The molecule has 0 aromatic rings. The van der Waals surface area contributed by atoms with E-state index in [1.807, 2.05) is 0 Å². The molecular formula is C53H24F60O8. The lowest BCUT2D eigenvalue weighted by atomic mass is 9.40. The van der Waals surface area contributed by atoms with Crippen LogP contribution in [-0.4, -0.2) is 304 Å². The van der Waals surface area contributed by atoms with Crippen LogP contribution in [0.2, 0.25) is 0 Å². The van der Waals surface area contributed by atoms with Crippen LogP contribution in [0.15, 0.2) is 0 Å². The first-order valence-corrected chi connectivity index (χ1v) is 31.0. The van der Waals surface area contributed by atoms with Crippen LogP contribution in [0, 0.1) is 5.41 Å². The maximum absolute atomic E-state index is 16.3. The predicted octanol–water partition coefficient (Wildman–Crippen LogP) is 15.9. The number of hydrogen-bond acceptors (Lipinski definition) is 8. The highest BCUT2D eigenvalue weighted by Crippen LogP contribution is 2.95. The monoisotopic (exact) mass is 1930 g/mol. The normalized spacial score (nSPS) is 49.8. The molecule has 121 heavy (non-hydrogen) atoms. The summed E-state index contributed by atoms with van der Waals surface area (Å²) in [6.07, 6.45) is -37.8. The molecule has 4 unspecified atom stereocenters. The van der Waals surface area contributed by atoms with Crippen LogP contribution in [0.5, 0.6) is 0 Å². The van der Waals surface area contributed by atoms with Crippen LogP contribution >= 0.6 is 0 Å². The molecule has 4 N–H and O–H groups in total. The SMILES string of the molecule is OC(COC12C(F)(F)C3(F)C(F)(F)C(F)(C(F)(F)C(F)(C3(F)F)C1(F)F)C2(F)F)CC(CC(O)COC12C(F)(F)C3(F)C(F)(F)C(F)(C(F)(F)C(F)(C3(F)F)C1(F)F)C2(F)F)(CC(O)COC12C(F)(F)C3(F)C(F)(F)C(F)(C(F)(F)C(F)(C3(F)F)C1(F)F)C2(F)F)CC(O)COC12C(F)(F)C3(F)C(F)(F)C(F)(C(F)(F)C(F)(C3(F)F)C1(F)F)C2(F)F. The van der Waals surface area contributed by atoms with Gasteiger partial charge < -0.3 is 39.4 Å². The third-order valence-electron chi connectivity index (χ3n) is 25.5. The Morgan fingerprint density at radius 1 is 0.140 bits per heavy atom. The molecule has 0 saturated heterocycles. The minimum absolute atomic E-state index is 2.88. The lowest BCUT2D eigenvalue weighted by Crippen LogP contribution is -3.10. The number of hydrogen-bond donors (Lipinski definition) is 4. The summed E-state index contributed by atoms with van der Waals surface area (Å²) in [6.45, 7) is -18.3. The van der Waals surface area contributed by atoms with Gasteiger partial charge in [0.1, 0.15) is 0 Å². The van der Waals surface area contributed by atoms with Crippen LogP contribution in [-0.2, 0) is 18.9 Å². The minimum Gasteiger partial charge on any atom is -0.391 e. The van der Waals surface area contributed by atoms with Crippen molar-refractivity contribution in [3.63, 3.8) is 0 Å². The van der Waals surface area contributed by atoms with Crippen LogP contribution in [0.3, 0.4) is 0 Å². The zero-order valence-electron chi connectivity index (χ0n) is 54.6. The highest BCUT2D eigenvalue weighted by molar-refractivity contribution is 5.59. The van der Waals surface area contributed by atoms with Crippen LogP contribution in [0.4, 0.5) is 263 Å². The lowest BCUT2D eigenvalue weighted by Gasteiger charge is -2.74. The van der Waals surface area contributed by atoms with Gasteiger partial charge in [-0.05, 0) is 31.1 Å². The largest absolute Gasteiger partial charge is 0.391 e. The molecule has 16 saturated carbocycles. The first-order valence-electron chi connectivity index (χ1n) is 31.0. The minimum atomic E-state index is -9.16. The average molecular weight is 1930 g/mol. The van der Waals surface area contributed by atoms with Crippen molar-refractivity contribution >= 4 is 0 Å². The van der Waals surface area contributed by atoms with Gasteiger partial charge in [0.25, 0.3) is 22.4 Å². The van der Waals surface area contributed by atoms with Gasteiger partial charge in [0.15, 0.2) is 0 Å². The van der Waals surface area contributed by atoms with Crippen LogP contribution in [0.1, 0.15) is 25.7 Å². The molecule has 16 rings (SSSR count). The van der Waals surface area contributed by atoms with Gasteiger partial charge in [0, 0.05) is 0 Å². The Labute approximate surface area is 617 Å². The van der Waals surface area contributed by atoms with E-state index in [9.17, 15) is 20.4 Å². The topological polar surface area (TPSA) is 118 Å². The predicted molar refractivity (Wildman–Crippen MR) is 244 cm³/mol. The first-order chi connectivity index (χ1) is 52.4.